The van der Waals surface area contributed by atoms with Crippen LogP contribution in [0.15, 0.2) is 182 Å². The third kappa shape index (κ3) is 31.4. The molecule has 6 atom stereocenters. The van der Waals surface area contributed by atoms with Crippen LogP contribution in [0.3, 0.4) is 0 Å². The van der Waals surface area contributed by atoms with E-state index in [9.17, 15) is 0 Å². The van der Waals surface area contributed by atoms with Gasteiger partial charge in [0.25, 0.3) is 0 Å². The summed E-state index contributed by atoms with van der Waals surface area (Å²) in [7, 11) is 0. The molecule has 0 aliphatic heterocycles. The van der Waals surface area contributed by atoms with Gasteiger partial charge >= 0.3 is 0 Å². The van der Waals surface area contributed by atoms with E-state index >= 15 is 0 Å². The van der Waals surface area contributed by atoms with Gasteiger partial charge < -0.3 is 59.8 Å². The van der Waals surface area contributed by atoms with Gasteiger partial charge in [0, 0.05) is 131 Å². The van der Waals surface area contributed by atoms with Crippen LogP contribution in [0.4, 0.5) is 0 Å². The first-order valence-corrected chi connectivity index (χ1v) is 30.3. The number of hydrogen-bond donors (Lipinski definition) is 6. The molecule has 10 aromatic rings. The van der Waals surface area contributed by atoms with E-state index in [-0.39, 0.29) is 97.9 Å². The van der Waals surface area contributed by atoms with Crippen LogP contribution in [0.2, 0.25) is 0 Å². The Morgan fingerprint density at radius 2 is 0.585 bits per heavy atom. The second kappa shape index (κ2) is 43.8. The molecule has 0 saturated carbocycles. The van der Waals surface area contributed by atoms with Crippen molar-refractivity contribution in [3.63, 3.8) is 0 Å². The number of aryl methyl sites for hydroxylation is 7. The molecule has 10 rings (SSSR count). The van der Waals surface area contributed by atoms with E-state index in [4.69, 9.17) is 44.8 Å². The van der Waals surface area contributed by atoms with Crippen molar-refractivity contribution in [2.75, 3.05) is 0 Å². The van der Waals surface area contributed by atoms with Gasteiger partial charge in [-0.25, -0.2) is 0 Å². The Morgan fingerprint density at radius 1 is 0.330 bits per heavy atom. The Labute approximate surface area is 597 Å². The third-order valence-electron chi connectivity index (χ3n) is 12.8. The maximum absolute atomic E-state index is 8.56. The Bertz CT molecular complexity index is 3630. The molecule has 0 spiro atoms. The fraction of sp³-hybridized carbons (Fsp3) is 0.289. The van der Waals surface area contributed by atoms with E-state index in [2.05, 4.69) is 79.3 Å². The first kappa shape index (κ1) is 83.0. The van der Waals surface area contributed by atoms with Gasteiger partial charge in [-0.15, -0.1) is 89.5 Å². The Morgan fingerprint density at radius 3 is 0.840 bits per heavy atom. The van der Waals surface area contributed by atoms with E-state index in [0.717, 1.165) is 102 Å². The average molecular weight is 1810 g/mol. The van der Waals surface area contributed by atoms with E-state index in [1.165, 1.54) is 16.7 Å². The normalized spacial score (nSPS) is 12.0. The summed E-state index contributed by atoms with van der Waals surface area (Å²) < 4.78 is 17.5. The number of rotatable bonds is 16. The van der Waals surface area contributed by atoms with Gasteiger partial charge in [-0.05, 0) is 157 Å². The fourth-order valence-electron chi connectivity index (χ4n) is 8.78. The second-order valence-electron chi connectivity index (χ2n) is 22.3. The quantitative estimate of drug-likeness (QED) is 0.0495. The van der Waals surface area contributed by atoms with Crippen LogP contribution in [-0.4, -0.2) is 97.2 Å². The molecule has 7 aromatic carbocycles. The van der Waals surface area contributed by atoms with Gasteiger partial charge in [-0.3, -0.25) is 15.0 Å². The molecule has 3 heterocycles. The molecule has 3 aromatic heterocycles. The van der Waals surface area contributed by atoms with E-state index < -0.39 is 0 Å². The van der Waals surface area contributed by atoms with Crippen molar-refractivity contribution >= 4 is 0 Å². The van der Waals surface area contributed by atoms with Crippen molar-refractivity contribution in [2.45, 2.75) is 146 Å². The Hall–Kier alpha value is -7.07. The predicted molar refractivity (Wildman–Crippen MR) is 361 cm³/mol. The van der Waals surface area contributed by atoms with E-state index in [1.54, 1.807) is 60.1 Å². The van der Waals surface area contributed by atoms with Crippen LogP contribution in [0.1, 0.15) is 101 Å². The maximum atomic E-state index is 8.56. The number of aliphatic hydroxyl groups excluding tert-OH is 6. The van der Waals surface area contributed by atoms with Gasteiger partial charge in [0.05, 0.1) is 53.7 Å². The van der Waals surface area contributed by atoms with Gasteiger partial charge in [0.2, 0.25) is 0 Å². The number of para-hydroxylation sites is 1. The van der Waals surface area contributed by atoms with Crippen molar-refractivity contribution < 1.29 is 106 Å². The smallest absolute Gasteiger partial charge is 0.114 e. The van der Waals surface area contributed by atoms with Crippen LogP contribution in [-0.2, 0) is 61.3 Å². The Balaban J connectivity index is 0.000000413. The van der Waals surface area contributed by atoms with Gasteiger partial charge in [-0.2, -0.15) is 0 Å². The van der Waals surface area contributed by atoms with Crippen molar-refractivity contribution in [1.82, 2.24) is 29.9 Å². The maximum Gasteiger partial charge on any atom is 0.114 e. The molecule has 15 nitrogen and oxygen atoms in total. The summed E-state index contributed by atoms with van der Waals surface area (Å²) in [5, 5.41) is 51.4. The van der Waals surface area contributed by atoms with Crippen LogP contribution in [0.25, 0.3) is 44.9 Å². The summed E-state index contributed by atoms with van der Waals surface area (Å²) in [6.45, 7) is 23.7. The van der Waals surface area contributed by atoms with Crippen molar-refractivity contribution in [3.8, 4) is 79.4 Å². The zero-order valence-corrected chi connectivity index (χ0v) is 62.5. The van der Waals surface area contributed by atoms with Gasteiger partial charge in [0.15, 0.2) is 0 Å². The molecule has 0 amide bonds. The topological polar surface area (TPSA) is 226 Å². The number of hydrogen-bond acceptors (Lipinski definition) is 15. The first-order valence-electron chi connectivity index (χ1n) is 30.3. The van der Waals surface area contributed by atoms with Crippen LogP contribution >= 0.6 is 0 Å². The molecule has 94 heavy (non-hydrogen) atoms. The molecular formula is C76H87Ir2N6O9Pt-3. The number of ether oxygens (including phenoxy) is 3. The molecule has 0 aliphatic rings. The van der Waals surface area contributed by atoms with Crippen molar-refractivity contribution in [2.24, 2.45) is 0 Å². The molecule has 0 saturated heterocycles. The standard InChI is InChI=1S/C24H19N2O.C19H17N2O.C18H15N2O.3C5H12O2.2Ir.Pt/c1-17-16-25-24(18(2)26-17)21-10-14-23(15-11-21)27-22-12-8-20(9-13-22)19-6-4-3-5-7-19;1-13-4-8-17(9-5-13)22-18-10-6-16(7-11-18)19-15(3)21-14(2)12-20-19;1-13-12-19-18(14(2)20-13)15-8-10-17(11-9-15)21-16-6-4-3-5-7-16;3*1-4(6)3-5(2)7;;;/h3-10,12-16H,1-2H3;4-6,8-12H,1-3H3;3-8,10-12H,1-2H3;3*4-7H,3H2,1-2H3;;;/q3*-1;;;;;;. The molecule has 0 aliphatic carbocycles. The summed E-state index contributed by atoms with van der Waals surface area (Å²) in [5.74, 6) is 4.67. The molecule has 0 bridgehead atoms. The summed E-state index contributed by atoms with van der Waals surface area (Å²) in [4.78, 5) is 26.7. The summed E-state index contributed by atoms with van der Waals surface area (Å²) in [6.07, 6.45) is 4.48. The number of aromatic nitrogens is 6. The summed E-state index contributed by atoms with van der Waals surface area (Å²) in [5.41, 5.74) is 14.3. The minimum atomic E-state index is -0.375. The number of aliphatic hydroxyl groups is 6. The zero-order valence-electron chi connectivity index (χ0n) is 55.5. The molecule has 18 heteroatoms. The van der Waals surface area contributed by atoms with E-state index in [0.29, 0.717) is 19.3 Å². The minimum Gasteiger partial charge on any atom is -0.502 e. The molecule has 0 fully saturated rings. The van der Waals surface area contributed by atoms with E-state index in [1.807, 2.05) is 181 Å². The van der Waals surface area contributed by atoms with Crippen LogP contribution in [0, 0.1) is 66.7 Å². The molecular weight excluding hydrogens is 1720 g/mol. The summed E-state index contributed by atoms with van der Waals surface area (Å²) >= 11 is 0. The van der Waals surface area contributed by atoms with Crippen molar-refractivity contribution in [1.29, 1.82) is 0 Å². The zero-order chi connectivity index (χ0) is 66.4. The van der Waals surface area contributed by atoms with Gasteiger partial charge in [0.1, 0.15) is 17.2 Å². The largest absolute Gasteiger partial charge is 0.502 e. The Kier molecular flexibility index (Phi) is 38.7. The molecule has 6 N–H and O–H groups in total. The predicted octanol–water partition coefficient (Wildman–Crippen LogP) is 15.4. The summed E-state index contributed by atoms with van der Waals surface area (Å²) in [6, 6.07) is 62.8. The monoisotopic (exact) mass is 1810 g/mol. The van der Waals surface area contributed by atoms with Crippen LogP contribution in [0.5, 0.6) is 34.5 Å². The van der Waals surface area contributed by atoms with Crippen LogP contribution < -0.4 is 14.2 Å². The average Bonchev–Trinajstić information content (AvgIpc) is 0.879. The third-order valence-corrected chi connectivity index (χ3v) is 12.8. The molecule has 506 valence electrons. The van der Waals surface area contributed by atoms with Crippen molar-refractivity contribution in [3.05, 3.63) is 240 Å². The number of benzene rings is 7. The first-order chi connectivity index (χ1) is 43.4. The molecule has 2 radical (unpaired) electrons. The van der Waals surface area contributed by atoms with Gasteiger partial charge in [-0.1, -0.05) is 78.4 Å². The minimum absolute atomic E-state index is 0. The number of nitrogens with zero attached hydrogens (tertiary/aromatic N) is 6. The molecule has 6 unspecified atom stereocenters. The second-order valence-corrected chi connectivity index (χ2v) is 22.3. The fourth-order valence-corrected chi connectivity index (χ4v) is 8.78. The SMILES string of the molecule is CC(O)CC(C)O.CC(O)CC(C)O.CC(O)CC(C)O.Cc1ccc(Oc2c[c-]c(-c3ncc(C)nc3C)cc2)cc1.Cc1cnc(-c2[c-]cc(Oc3ccc(-c4ccccc4)cc3)cc2)c(C)n1.Cc1cnc(-c2[c-]cc(Oc3ccccc3)cc2)c(C)n1.[Ir].[Ir].[Pt].